The molecule has 0 amide bonds. The molecule has 1 rings (SSSR count). The standard InChI is InChI=1S/C15H20O/c1-5-13-6-8-14(9-7-13)10-12(4)15(16)11(2)3/h6-9,12H,2,5,10H2,1,3-4H3/t12-/m0/s1. The van der Waals surface area contributed by atoms with Crippen LogP contribution < -0.4 is 0 Å². The Bertz CT molecular complexity index is 373. The van der Waals surface area contributed by atoms with Crippen LogP contribution in [0.3, 0.4) is 0 Å². The lowest BCUT2D eigenvalue weighted by Gasteiger charge is -2.10. The van der Waals surface area contributed by atoms with Crippen molar-refractivity contribution in [3.63, 3.8) is 0 Å². The van der Waals surface area contributed by atoms with Gasteiger partial charge in [0.25, 0.3) is 0 Å². The molecular formula is C15H20O. The van der Waals surface area contributed by atoms with Crippen LogP contribution in [0.25, 0.3) is 0 Å². The molecule has 16 heavy (non-hydrogen) atoms. The first-order valence-electron chi connectivity index (χ1n) is 5.82. The largest absolute Gasteiger partial charge is 0.294 e. The molecule has 0 radical (unpaired) electrons. The fourth-order valence-corrected chi connectivity index (χ4v) is 1.78. The van der Waals surface area contributed by atoms with Gasteiger partial charge in [0.2, 0.25) is 0 Å². The zero-order valence-electron chi connectivity index (χ0n) is 10.4. The predicted octanol–water partition coefficient (Wildman–Crippen LogP) is 3.57. The van der Waals surface area contributed by atoms with E-state index in [2.05, 4.69) is 37.8 Å². The van der Waals surface area contributed by atoms with Crippen LogP contribution in [-0.4, -0.2) is 5.78 Å². The molecule has 1 nitrogen and oxygen atoms in total. The average molecular weight is 216 g/mol. The molecule has 0 saturated heterocycles. The van der Waals surface area contributed by atoms with E-state index in [1.807, 2.05) is 6.92 Å². The van der Waals surface area contributed by atoms with Gasteiger partial charge < -0.3 is 0 Å². The van der Waals surface area contributed by atoms with Crippen molar-refractivity contribution < 1.29 is 4.79 Å². The molecule has 0 aliphatic heterocycles. The van der Waals surface area contributed by atoms with Gasteiger partial charge in [-0.1, -0.05) is 44.7 Å². The van der Waals surface area contributed by atoms with Crippen molar-refractivity contribution in [1.82, 2.24) is 0 Å². The van der Waals surface area contributed by atoms with Crippen molar-refractivity contribution in [3.05, 3.63) is 47.5 Å². The highest BCUT2D eigenvalue weighted by Gasteiger charge is 2.13. The zero-order chi connectivity index (χ0) is 12.1. The van der Waals surface area contributed by atoms with Gasteiger partial charge in [-0.2, -0.15) is 0 Å². The van der Waals surface area contributed by atoms with E-state index in [9.17, 15) is 4.79 Å². The first-order valence-corrected chi connectivity index (χ1v) is 5.82. The molecule has 1 aromatic rings. The number of allylic oxidation sites excluding steroid dienone is 1. The van der Waals surface area contributed by atoms with Gasteiger partial charge in [0.05, 0.1) is 0 Å². The summed E-state index contributed by atoms with van der Waals surface area (Å²) in [5.41, 5.74) is 3.21. The van der Waals surface area contributed by atoms with E-state index >= 15 is 0 Å². The maximum atomic E-state index is 11.7. The highest BCUT2D eigenvalue weighted by molar-refractivity contribution is 5.95. The van der Waals surface area contributed by atoms with Crippen LogP contribution >= 0.6 is 0 Å². The number of Topliss-reactive ketones (excluding diaryl/α,β-unsaturated/α-hetero) is 1. The lowest BCUT2D eigenvalue weighted by atomic mass is 9.93. The highest BCUT2D eigenvalue weighted by Crippen LogP contribution is 2.13. The van der Waals surface area contributed by atoms with Gasteiger partial charge in [0, 0.05) is 5.92 Å². The Labute approximate surface area is 98.2 Å². The van der Waals surface area contributed by atoms with E-state index in [4.69, 9.17) is 0 Å². The molecule has 0 aliphatic carbocycles. The Hall–Kier alpha value is -1.37. The van der Waals surface area contributed by atoms with Crippen molar-refractivity contribution in [2.75, 3.05) is 0 Å². The molecule has 1 heteroatoms. The van der Waals surface area contributed by atoms with Crippen LogP contribution in [0.2, 0.25) is 0 Å². The third-order valence-corrected chi connectivity index (χ3v) is 2.84. The van der Waals surface area contributed by atoms with E-state index < -0.39 is 0 Å². The minimum Gasteiger partial charge on any atom is -0.294 e. The molecule has 0 unspecified atom stereocenters. The summed E-state index contributed by atoms with van der Waals surface area (Å²) < 4.78 is 0. The second kappa shape index (κ2) is 5.64. The lowest BCUT2D eigenvalue weighted by Crippen LogP contribution is -2.14. The van der Waals surface area contributed by atoms with Crippen LogP contribution in [0.5, 0.6) is 0 Å². The van der Waals surface area contributed by atoms with Crippen LogP contribution in [-0.2, 0) is 17.6 Å². The van der Waals surface area contributed by atoms with E-state index in [0.717, 1.165) is 12.8 Å². The third kappa shape index (κ3) is 3.34. The SMILES string of the molecule is C=C(C)C(=O)[C@@H](C)Cc1ccc(CC)cc1. The Balaban J connectivity index is 2.66. The molecule has 0 aromatic heterocycles. The fraction of sp³-hybridized carbons (Fsp3) is 0.400. The van der Waals surface area contributed by atoms with E-state index in [1.165, 1.54) is 11.1 Å². The van der Waals surface area contributed by atoms with Gasteiger partial charge in [-0.25, -0.2) is 0 Å². The van der Waals surface area contributed by atoms with Crippen LogP contribution in [0, 0.1) is 5.92 Å². The van der Waals surface area contributed by atoms with E-state index in [-0.39, 0.29) is 11.7 Å². The fourth-order valence-electron chi connectivity index (χ4n) is 1.78. The minimum absolute atomic E-state index is 0.0324. The summed E-state index contributed by atoms with van der Waals surface area (Å²) >= 11 is 0. The van der Waals surface area contributed by atoms with Gasteiger partial charge in [-0.3, -0.25) is 4.79 Å². The molecule has 0 bridgehead atoms. The summed E-state index contributed by atoms with van der Waals surface area (Å²) in [4.78, 5) is 11.7. The maximum Gasteiger partial charge on any atom is 0.161 e. The van der Waals surface area contributed by atoms with Gasteiger partial charge >= 0.3 is 0 Å². The Morgan fingerprint density at radius 1 is 1.25 bits per heavy atom. The molecule has 86 valence electrons. The van der Waals surface area contributed by atoms with Crippen LogP contribution in [0.4, 0.5) is 0 Å². The smallest absolute Gasteiger partial charge is 0.161 e. The van der Waals surface area contributed by atoms with Crippen LogP contribution in [0.15, 0.2) is 36.4 Å². The van der Waals surface area contributed by atoms with Crippen molar-refractivity contribution in [2.24, 2.45) is 5.92 Å². The molecule has 0 heterocycles. The predicted molar refractivity (Wildman–Crippen MR) is 68.5 cm³/mol. The van der Waals surface area contributed by atoms with Gasteiger partial charge in [-0.15, -0.1) is 0 Å². The molecule has 0 aliphatic rings. The summed E-state index contributed by atoms with van der Waals surface area (Å²) in [7, 11) is 0. The summed E-state index contributed by atoms with van der Waals surface area (Å²) in [5, 5.41) is 0. The van der Waals surface area contributed by atoms with E-state index in [0.29, 0.717) is 5.57 Å². The zero-order valence-corrected chi connectivity index (χ0v) is 10.4. The Morgan fingerprint density at radius 2 is 1.75 bits per heavy atom. The van der Waals surface area contributed by atoms with Gasteiger partial charge in [0.1, 0.15) is 0 Å². The number of benzene rings is 1. The number of carbonyl (C=O) groups is 1. The molecular weight excluding hydrogens is 196 g/mol. The summed E-state index contributed by atoms with van der Waals surface area (Å²) in [5.74, 6) is 0.199. The van der Waals surface area contributed by atoms with Crippen LogP contribution in [0.1, 0.15) is 31.9 Å². The first kappa shape index (κ1) is 12.7. The van der Waals surface area contributed by atoms with Gasteiger partial charge in [0.15, 0.2) is 5.78 Å². The second-order valence-electron chi connectivity index (χ2n) is 4.42. The molecule has 1 atom stereocenters. The summed E-state index contributed by atoms with van der Waals surface area (Å²) in [6.07, 6.45) is 1.86. The normalized spacial score (nSPS) is 12.2. The molecule has 0 spiro atoms. The number of aryl methyl sites for hydroxylation is 1. The second-order valence-corrected chi connectivity index (χ2v) is 4.42. The highest BCUT2D eigenvalue weighted by atomic mass is 16.1. The number of hydrogen-bond acceptors (Lipinski definition) is 1. The Morgan fingerprint density at radius 3 is 2.19 bits per heavy atom. The summed E-state index contributed by atoms with van der Waals surface area (Å²) in [6.45, 7) is 9.58. The number of hydrogen-bond donors (Lipinski definition) is 0. The molecule has 0 saturated carbocycles. The molecule has 0 N–H and O–H groups in total. The maximum absolute atomic E-state index is 11.7. The topological polar surface area (TPSA) is 17.1 Å². The van der Waals surface area contributed by atoms with Crippen molar-refractivity contribution in [3.8, 4) is 0 Å². The summed E-state index contributed by atoms with van der Waals surface area (Å²) in [6, 6.07) is 8.49. The number of rotatable bonds is 5. The average Bonchev–Trinajstić information content (AvgIpc) is 2.28. The van der Waals surface area contributed by atoms with Gasteiger partial charge in [-0.05, 0) is 36.5 Å². The monoisotopic (exact) mass is 216 g/mol. The van der Waals surface area contributed by atoms with Crippen molar-refractivity contribution >= 4 is 5.78 Å². The number of ketones is 1. The van der Waals surface area contributed by atoms with Crippen molar-refractivity contribution in [2.45, 2.75) is 33.6 Å². The molecule has 1 aromatic carbocycles. The lowest BCUT2D eigenvalue weighted by molar-refractivity contribution is -0.118. The third-order valence-electron chi connectivity index (χ3n) is 2.84. The Kier molecular flexibility index (Phi) is 4.48. The number of carbonyl (C=O) groups excluding carboxylic acids is 1. The molecule has 0 fully saturated rings. The van der Waals surface area contributed by atoms with Crippen molar-refractivity contribution in [1.29, 1.82) is 0 Å². The first-order chi connectivity index (χ1) is 7.54. The van der Waals surface area contributed by atoms with E-state index in [1.54, 1.807) is 6.92 Å². The quantitative estimate of drug-likeness (QED) is 0.688. The minimum atomic E-state index is 0.0324.